The number of rotatable bonds is 4. The normalized spacial score (nSPS) is 16.6. The summed E-state index contributed by atoms with van der Waals surface area (Å²) in [7, 11) is 1.88. The van der Waals surface area contributed by atoms with Crippen molar-refractivity contribution >= 4 is 17.5 Å². The first-order valence-electron chi connectivity index (χ1n) is 8.53. The van der Waals surface area contributed by atoms with E-state index in [4.69, 9.17) is 21.1 Å². The standard InChI is InChI=1S/C20H18ClN3O3/c1-24-11-10-22-19(24)18(13-6-8-14(21)9-7-13)23-20(25)17-12-26-15-4-2-3-5-16(15)27-17/h2-11,17-18H,12H2,1H3,(H,23,25). The van der Waals surface area contributed by atoms with Crippen LogP contribution >= 0.6 is 11.6 Å². The molecule has 0 spiro atoms. The Labute approximate surface area is 161 Å². The minimum Gasteiger partial charge on any atom is -0.485 e. The highest BCUT2D eigenvalue weighted by atomic mass is 35.5. The molecule has 0 saturated carbocycles. The molecule has 0 radical (unpaired) electrons. The number of nitrogens with one attached hydrogen (secondary N) is 1. The van der Waals surface area contributed by atoms with Gasteiger partial charge in [0, 0.05) is 24.5 Å². The number of hydrogen-bond donors (Lipinski definition) is 1. The summed E-state index contributed by atoms with van der Waals surface area (Å²) in [6.07, 6.45) is 2.79. The van der Waals surface area contributed by atoms with Gasteiger partial charge in [-0.2, -0.15) is 0 Å². The van der Waals surface area contributed by atoms with Crippen molar-refractivity contribution in [1.82, 2.24) is 14.9 Å². The second kappa shape index (κ2) is 7.32. The molecule has 2 heterocycles. The van der Waals surface area contributed by atoms with Gasteiger partial charge in [0.2, 0.25) is 6.10 Å². The van der Waals surface area contributed by atoms with Crippen molar-refractivity contribution in [3.8, 4) is 11.5 Å². The summed E-state index contributed by atoms with van der Waals surface area (Å²) in [5.74, 6) is 1.64. The molecule has 1 amide bonds. The summed E-state index contributed by atoms with van der Waals surface area (Å²) in [5.41, 5.74) is 0.874. The number of amides is 1. The number of carbonyl (C=O) groups excluding carboxylic acids is 1. The SMILES string of the molecule is Cn1ccnc1C(NC(=O)C1COc2ccccc2O1)c1ccc(Cl)cc1. The number of nitrogens with zero attached hydrogens (tertiary/aromatic N) is 2. The fraction of sp³-hybridized carbons (Fsp3) is 0.200. The van der Waals surface area contributed by atoms with E-state index in [0.29, 0.717) is 22.3 Å². The van der Waals surface area contributed by atoms with E-state index >= 15 is 0 Å². The van der Waals surface area contributed by atoms with Gasteiger partial charge in [0.15, 0.2) is 11.5 Å². The average molecular weight is 384 g/mol. The van der Waals surface area contributed by atoms with E-state index in [1.54, 1.807) is 24.4 Å². The van der Waals surface area contributed by atoms with Gasteiger partial charge in [-0.3, -0.25) is 4.79 Å². The van der Waals surface area contributed by atoms with Gasteiger partial charge in [0.05, 0.1) is 0 Å². The molecular formula is C20H18ClN3O3. The molecule has 0 aliphatic carbocycles. The fourth-order valence-corrected chi connectivity index (χ4v) is 3.12. The molecule has 138 valence electrons. The van der Waals surface area contributed by atoms with Gasteiger partial charge in [0.25, 0.3) is 5.91 Å². The van der Waals surface area contributed by atoms with E-state index in [-0.39, 0.29) is 12.5 Å². The first-order chi connectivity index (χ1) is 13.1. The Kier molecular flexibility index (Phi) is 4.73. The van der Waals surface area contributed by atoms with Crippen LogP contribution in [-0.4, -0.2) is 28.2 Å². The van der Waals surface area contributed by atoms with E-state index in [2.05, 4.69) is 10.3 Å². The summed E-state index contributed by atoms with van der Waals surface area (Å²) in [5, 5.41) is 3.66. The third-order valence-corrected chi connectivity index (χ3v) is 4.66. The average Bonchev–Trinajstić information content (AvgIpc) is 3.12. The molecule has 3 aromatic rings. The molecule has 1 N–H and O–H groups in total. The van der Waals surface area contributed by atoms with Crippen LogP contribution in [0.3, 0.4) is 0 Å². The molecule has 2 unspecified atom stereocenters. The zero-order valence-electron chi connectivity index (χ0n) is 14.6. The molecule has 6 nitrogen and oxygen atoms in total. The quantitative estimate of drug-likeness (QED) is 0.751. The Morgan fingerprint density at radius 2 is 1.96 bits per heavy atom. The van der Waals surface area contributed by atoms with Crippen molar-refractivity contribution in [2.75, 3.05) is 6.61 Å². The fourth-order valence-electron chi connectivity index (χ4n) is 2.99. The van der Waals surface area contributed by atoms with Gasteiger partial charge < -0.3 is 19.4 Å². The Morgan fingerprint density at radius 1 is 1.22 bits per heavy atom. The number of fused-ring (bicyclic) bond motifs is 1. The third kappa shape index (κ3) is 3.61. The lowest BCUT2D eigenvalue weighted by molar-refractivity contribution is -0.130. The number of aryl methyl sites for hydroxylation is 1. The lowest BCUT2D eigenvalue weighted by Crippen LogP contribution is -2.45. The van der Waals surface area contributed by atoms with Crippen LogP contribution in [0.2, 0.25) is 5.02 Å². The number of imidazole rings is 1. The summed E-state index contributed by atoms with van der Waals surface area (Å²) < 4.78 is 13.3. The summed E-state index contributed by atoms with van der Waals surface area (Å²) in [4.78, 5) is 17.3. The van der Waals surface area contributed by atoms with Crippen LogP contribution in [0, 0.1) is 0 Å². The Morgan fingerprint density at radius 3 is 2.67 bits per heavy atom. The van der Waals surface area contributed by atoms with Crippen LogP contribution in [0.25, 0.3) is 0 Å². The minimum absolute atomic E-state index is 0.150. The topological polar surface area (TPSA) is 65.4 Å². The zero-order valence-corrected chi connectivity index (χ0v) is 15.4. The highest BCUT2D eigenvalue weighted by molar-refractivity contribution is 6.30. The number of benzene rings is 2. The number of carbonyl (C=O) groups is 1. The summed E-state index contributed by atoms with van der Waals surface area (Å²) in [6.45, 7) is 0.150. The van der Waals surface area contributed by atoms with Crippen molar-refractivity contribution < 1.29 is 14.3 Å². The van der Waals surface area contributed by atoms with E-state index in [1.165, 1.54) is 0 Å². The number of para-hydroxylation sites is 2. The largest absolute Gasteiger partial charge is 0.485 e. The van der Waals surface area contributed by atoms with Crippen molar-refractivity contribution in [3.63, 3.8) is 0 Å². The Balaban J connectivity index is 1.58. The molecule has 1 aliphatic rings. The monoisotopic (exact) mass is 383 g/mol. The van der Waals surface area contributed by atoms with Gasteiger partial charge in [-0.1, -0.05) is 35.9 Å². The smallest absolute Gasteiger partial charge is 0.265 e. The molecule has 0 fully saturated rings. The molecule has 1 aromatic heterocycles. The molecule has 4 rings (SSSR count). The van der Waals surface area contributed by atoms with Crippen LogP contribution in [0.15, 0.2) is 60.9 Å². The number of hydrogen-bond acceptors (Lipinski definition) is 4. The van der Waals surface area contributed by atoms with Crippen LogP contribution < -0.4 is 14.8 Å². The molecule has 1 aliphatic heterocycles. The number of halogens is 1. The Hall–Kier alpha value is -2.99. The van der Waals surface area contributed by atoms with Gasteiger partial charge in [-0.05, 0) is 29.8 Å². The maximum atomic E-state index is 12.9. The van der Waals surface area contributed by atoms with Gasteiger partial charge in [-0.25, -0.2) is 4.98 Å². The van der Waals surface area contributed by atoms with Crippen molar-refractivity contribution in [1.29, 1.82) is 0 Å². The molecular weight excluding hydrogens is 366 g/mol. The molecule has 0 bridgehead atoms. The highest BCUT2D eigenvalue weighted by Crippen LogP contribution is 2.31. The van der Waals surface area contributed by atoms with Crippen LogP contribution in [0.1, 0.15) is 17.4 Å². The second-order valence-electron chi connectivity index (χ2n) is 6.25. The maximum absolute atomic E-state index is 12.9. The molecule has 0 saturated heterocycles. The third-order valence-electron chi connectivity index (χ3n) is 4.41. The lowest BCUT2D eigenvalue weighted by Gasteiger charge is -2.27. The van der Waals surface area contributed by atoms with E-state index in [1.807, 2.05) is 48.1 Å². The number of ether oxygens (including phenoxy) is 2. The van der Waals surface area contributed by atoms with Crippen LogP contribution in [-0.2, 0) is 11.8 Å². The lowest BCUT2D eigenvalue weighted by atomic mass is 10.1. The predicted octanol–water partition coefficient (Wildman–Crippen LogP) is 3.12. The maximum Gasteiger partial charge on any atom is 0.265 e. The van der Waals surface area contributed by atoms with Gasteiger partial charge in [0.1, 0.15) is 18.5 Å². The van der Waals surface area contributed by atoms with Crippen molar-refractivity contribution in [3.05, 3.63) is 77.3 Å². The predicted molar refractivity (Wildman–Crippen MR) is 101 cm³/mol. The van der Waals surface area contributed by atoms with Crippen molar-refractivity contribution in [2.24, 2.45) is 7.05 Å². The molecule has 2 aromatic carbocycles. The molecule has 27 heavy (non-hydrogen) atoms. The zero-order chi connectivity index (χ0) is 18.8. The first-order valence-corrected chi connectivity index (χ1v) is 8.91. The first kappa shape index (κ1) is 17.4. The minimum atomic E-state index is -0.741. The number of aromatic nitrogens is 2. The van der Waals surface area contributed by atoms with Crippen LogP contribution in [0.5, 0.6) is 11.5 Å². The molecule has 7 heteroatoms. The highest BCUT2D eigenvalue weighted by Gasteiger charge is 2.30. The second-order valence-corrected chi connectivity index (χ2v) is 6.69. The van der Waals surface area contributed by atoms with Gasteiger partial charge in [-0.15, -0.1) is 0 Å². The molecule has 2 atom stereocenters. The van der Waals surface area contributed by atoms with E-state index < -0.39 is 12.1 Å². The van der Waals surface area contributed by atoms with Gasteiger partial charge >= 0.3 is 0 Å². The summed E-state index contributed by atoms with van der Waals surface area (Å²) >= 11 is 6.00. The van der Waals surface area contributed by atoms with E-state index in [9.17, 15) is 4.79 Å². The van der Waals surface area contributed by atoms with E-state index in [0.717, 1.165) is 5.56 Å². The Bertz CT molecular complexity index is 955. The summed E-state index contributed by atoms with van der Waals surface area (Å²) in [6, 6.07) is 14.2. The van der Waals surface area contributed by atoms with Crippen molar-refractivity contribution in [2.45, 2.75) is 12.1 Å². The van der Waals surface area contributed by atoms with Crippen LogP contribution in [0.4, 0.5) is 0 Å².